The normalized spacial score (nSPS) is 26.0. The number of amides is 4. The van der Waals surface area contributed by atoms with Crippen molar-refractivity contribution >= 4 is 23.6 Å². The molecule has 5 rings (SSSR count). The molecule has 1 aliphatic carbocycles. The summed E-state index contributed by atoms with van der Waals surface area (Å²) in [5.41, 5.74) is 2.14. The van der Waals surface area contributed by atoms with E-state index in [4.69, 9.17) is 0 Å². The van der Waals surface area contributed by atoms with Crippen LogP contribution in [0.3, 0.4) is 0 Å². The van der Waals surface area contributed by atoms with Crippen molar-refractivity contribution < 1.29 is 19.2 Å². The van der Waals surface area contributed by atoms with Crippen LogP contribution in [0.4, 0.5) is 0 Å². The van der Waals surface area contributed by atoms with Gasteiger partial charge in [-0.2, -0.15) is 0 Å². The van der Waals surface area contributed by atoms with Crippen molar-refractivity contribution in [3.63, 3.8) is 0 Å². The Bertz CT molecular complexity index is 929. The molecule has 0 aromatic heterocycles. The number of nitrogens with zero attached hydrogens (tertiary/aromatic N) is 1. The van der Waals surface area contributed by atoms with E-state index >= 15 is 0 Å². The average Bonchev–Trinajstić information content (AvgIpc) is 2.96. The molecule has 1 spiro atoms. The SMILES string of the molecule is O=C1CCC(N2C(=O)c3ccc(CNC4CCC5(CC4)CNC5)cc3C2=O)C(=O)N1. The number of carbonyl (C=O) groups is 4. The van der Waals surface area contributed by atoms with Crippen LogP contribution in [0.2, 0.25) is 0 Å². The predicted octanol–water partition coefficient (Wildman–Crippen LogP) is 0.710. The molecule has 3 N–H and O–H groups in total. The first-order valence-corrected chi connectivity index (χ1v) is 10.7. The van der Waals surface area contributed by atoms with Gasteiger partial charge in [-0.15, -0.1) is 0 Å². The molecule has 8 nitrogen and oxygen atoms in total. The van der Waals surface area contributed by atoms with Crippen LogP contribution in [-0.2, 0) is 16.1 Å². The van der Waals surface area contributed by atoms with Gasteiger partial charge < -0.3 is 10.6 Å². The summed E-state index contributed by atoms with van der Waals surface area (Å²) in [6, 6.07) is 4.85. The van der Waals surface area contributed by atoms with Crippen LogP contribution in [0.5, 0.6) is 0 Å². The van der Waals surface area contributed by atoms with E-state index in [1.807, 2.05) is 6.07 Å². The highest BCUT2D eigenvalue weighted by Gasteiger charge is 2.44. The summed E-state index contributed by atoms with van der Waals surface area (Å²) in [6.45, 7) is 2.93. The van der Waals surface area contributed by atoms with Crippen LogP contribution < -0.4 is 16.0 Å². The summed E-state index contributed by atoms with van der Waals surface area (Å²) in [5, 5.41) is 9.20. The maximum Gasteiger partial charge on any atom is 0.262 e. The van der Waals surface area contributed by atoms with E-state index in [0.717, 1.165) is 36.4 Å². The Morgan fingerprint density at radius 3 is 2.40 bits per heavy atom. The first-order chi connectivity index (χ1) is 14.5. The van der Waals surface area contributed by atoms with Gasteiger partial charge in [-0.25, -0.2) is 0 Å². The van der Waals surface area contributed by atoms with Crippen LogP contribution >= 0.6 is 0 Å². The molecule has 4 aliphatic rings. The van der Waals surface area contributed by atoms with Crippen LogP contribution in [0, 0.1) is 5.41 Å². The fourth-order valence-electron chi connectivity index (χ4n) is 5.16. The van der Waals surface area contributed by atoms with Crippen molar-refractivity contribution in [3.05, 3.63) is 34.9 Å². The number of nitrogens with one attached hydrogen (secondary N) is 3. The predicted molar refractivity (Wildman–Crippen MR) is 108 cm³/mol. The lowest BCUT2D eigenvalue weighted by atomic mass is 9.68. The molecule has 3 heterocycles. The second kappa shape index (κ2) is 7.28. The molecule has 158 valence electrons. The Kier molecular flexibility index (Phi) is 4.71. The van der Waals surface area contributed by atoms with Gasteiger partial charge in [-0.3, -0.25) is 29.4 Å². The molecular formula is C22H26N4O4. The van der Waals surface area contributed by atoms with Crippen molar-refractivity contribution in [2.75, 3.05) is 13.1 Å². The van der Waals surface area contributed by atoms with Gasteiger partial charge in [0.1, 0.15) is 6.04 Å². The number of piperidine rings is 1. The minimum absolute atomic E-state index is 0.123. The lowest BCUT2D eigenvalue weighted by molar-refractivity contribution is -0.136. The Hall–Kier alpha value is -2.58. The van der Waals surface area contributed by atoms with Crippen LogP contribution in [0.25, 0.3) is 0 Å². The lowest BCUT2D eigenvalue weighted by Gasteiger charge is -2.47. The number of benzene rings is 1. The minimum atomic E-state index is -0.924. The largest absolute Gasteiger partial charge is 0.316 e. The summed E-state index contributed by atoms with van der Waals surface area (Å²) in [5.74, 6) is -1.87. The summed E-state index contributed by atoms with van der Waals surface area (Å²) in [4.78, 5) is 50.2. The summed E-state index contributed by atoms with van der Waals surface area (Å²) in [7, 11) is 0. The van der Waals surface area contributed by atoms with Crippen molar-refractivity contribution in [3.8, 4) is 0 Å². The summed E-state index contributed by atoms with van der Waals surface area (Å²) < 4.78 is 0. The van der Waals surface area contributed by atoms with E-state index in [1.54, 1.807) is 12.1 Å². The fourth-order valence-corrected chi connectivity index (χ4v) is 5.16. The highest BCUT2D eigenvalue weighted by Crippen LogP contribution is 2.39. The molecular weight excluding hydrogens is 384 g/mol. The first-order valence-electron chi connectivity index (χ1n) is 10.7. The molecule has 4 amide bonds. The maximum absolute atomic E-state index is 12.9. The van der Waals surface area contributed by atoms with E-state index in [9.17, 15) is 19.2 Å². The number of fused-ring (bicyclic) bond motifs is 1. The lowest BCUT2D eigenvalue weighted by Crippen LogP contribution is -2.56. The third kappa shape index (κ3) is 3.24. The van der Waals surface area contributed by atoms with E-state index in [1.165, 1.54) is 12.8 Å². The average molecular weight is 410 g/mol. The molecule has 2 saturated heterocycles. The Balaban J connectivity index is 1.24. The van der Waals surface area contributed by atoms with E-state index in [2.05, 4.69) is 16.0 Å². The third-order valence-corrected chi connectivity index (χ3v) is 7.15. The minimum Gasteiger partial charge on any atom is -0.316 e. The van der Waals surface area contributed by atoms with E-state index in [0.29, 0.717) is 29.1 Å². The Labute approximate surface area is 174 Å². The molecule has 3 aliphatic heterocycles. The van der Waals surface area contributed by atoms with Gasteiger partial charge in [0.25, 0.3) is 11.8 Å². The standard InChI is InChI=1S/C22H26N4O4/c27-18-4-3-17(19(28)25-18)26-20(29)15-2-1-13(9-16(15)21(26)30)10-24-14-5-7-22(8-6-14)11-23-12-22/h1-2,9,14,17,23-24H,3-8,10-12H2,(H,25,27,28). The number of hydrogen-bond acceptors (Lipinski definition) is 6. The number of imide groups is 2. The monoisotopic (exact) mass is 410 g/mol. The number of carbonyl (C=O) groups excluding carboxylic acids is 4. The van der Waals surface area contributed by atoms with Crippen LogP contribution in [-0.4, -0.2) is 53.7 Å². The van der Waals surface area contributed by atoms with Gasteiger partial charge in [-0.05, 0) is 55.2 Å². The van der Waals surface area contributed by atoms with Crippen molar-refractivity contribution in [2.24, 2.45) is 5.41 Å². The molecule has 3 fully saturated rings. The number of rotatable bonds is 4. The summed E-state index contributed by atoms with van der Waals surface area (Å²) in [6.07, 6.45) is 5.10. The van der Waals surface area contributed by atoms with Gasteiger partial charge in [-0.1, -0.05) is 6.07 Å². The molecule has 1 aromatic carbocycles. The third-order valence-electron chi connectivity index (χ3n) is 7.15. The zero-order valence-electron chi connectivity index (χ0n) is 16.8. The van der Waals surface area contributed by atoms with Crippen LogP contribution in [0.15, 0.2) is 18.2 Å². The smallest absolute Gasteiger partial charge is 0.262 e. The molecule has 1 saturated carbocycles. The van der Waals surface area contributed by atoms with Crippen molar-refractivity contribution in [2.45, 2.75) is 57.2 Å². The quantitative estimate of drug-likeness (QED) is 0.631. The second-order valence-electron chi connectivity index (χ2n) is 9.09. The zero-order valence-corrected chi connectivity index (χ0v) is 16.8. The Morgan fingerprint density at radius 2 is 1.73 bits per heavy atom. The highest BCUT2D eigenvalue weighted by atomic mass is 16.2. The number of hydrogen-bond donors (Lipinski definition) is 3. The van der Waals surface area contributed by atoms with Crippen molar-refractivity contribution in [1.29, 1.82) is 0 Å². The van der Waals surface area contributed by atoms with Gasteiger partial charge in [0.15, 0.2) is 0 Å². The molecule has 1 aromatic rings. The highest BCUT2D eigenvalue weighted by molar-refractivity contribution is 6.23. The Morgan fingerprint density at radius 1 is 1.00 bits per heavy atom. The molecule has 0 bridgehead atoms. The summed E-state index contributed by atoms with van der Waals surface area (Å²) >= 11 is 0. The van der Waals surface area contributed by atoms with Gasteiger partial charge >= 0.3 is 0 Å². The van der Waals surface area contributed by atoms with Crippen molar-refractivity contribution in [1.82, 2.24) is 20.9 Å². The molecule has 0 radical (unpaired) electrons. The maximum atomic E-state index is 12.9. The molecule has 8 heteroatoms. The second-order valence-corrected chi connectivity index (χ2v) is 9.09. The van der Waals surface area contributed by atoms with Gasteiger partial charge in [0, 0.05) is 32.1 Å². The van der Waals surface area contributed by atoms with Gasteiger partial charge in [0.05, 0.1) is 11.1 Å². The first kappa shape index (κ1) is 19.4. The molecule has 1 atom stereocenters. The molecule has 1 unspecified atom stereocenters. The van der Waals surface area contributed by atoms with E-state index < -0.39 is 23.8 Å². The topological polar surface area (TPSA) is 108 Å². The van der Waals surface area contributed by atoms with Gasteiger partial charge in [0.2, 0.25) is 11.8 Å². The van der Waals surface area contributed by atoms with E-state index in [-0.39, 0.29) is 18.7 Å². The van der Waals surface area contributed by atoms with Crippen LogP contribution in [0.1, 0.15) is 64.8 Å². The zero-order chi connectivity index (χ0) is 20.9. The fraction of sp³-hybridized carbons (Fsp3) is 0.545. The molecule has 30 heavy (non-hydrogen) atoms.